The number of nitrogen functional groups attached to an aromatic ring is 1. The zero-order chi connectivity index (χ0) is 10.8. The molecular formula is C12H15N2S+. The molecule has 0 saturated heterocycles. The van der Waals surface area contributed by atoms with Crippen LogP contribution < -0.4 is 10.3 Å². The predicted molar refractivity (Wildman–Crippen MR) is 65.9 cm³/mol. The van der Waals surface area contributed by atoms with Crippen molar-refractivity contribution in [1.82, 2.24) is 0 Å². The van der Waals surface area contributed by atoms with Gasteiger partial charge in [0.25, 0.3) is 0 Å². The van der Waals surface area contributed by atoms with E-state index in [0.29, 0.717) is 0 Å². The van der Waals surface area contributed by atoms with Gasteiger partial charge in [0.15, 0.2) is 6.20 Å². The van der Waals surface area contributed by atoms with Gasteiger partial charge in [-0.3, -0.25) is 0 Å². The van der Waals surface area contributed by atoms with E-state index in [0.717, 1.165) is 16.8 Å². The summed E-state index contributed by atoms with van der Waals surface area (Å²) in [5, 5.41) is 1.14. The van der Waals surface area contributed by atoms with Crippen molar-refractivity contribution in [3.05, 3.63) is 30.5 Å². The van der Waals surface area contributed by atoms with Gasteiger partial charge in [-0.1, -0.05) is 19.1 Å². The third kappa shape index (κ3) is 1.79. The minimum Gasteiger partial charge on any atom is -0.397 e. The van der Waals surface area contributed by atoms with Gasteiger partial charge in [-0.15, -0.1) is 11.8 Å². The van der Waals surface area contributed by atoms with Crippen molar-refractivity contribution in [1.29, 1.82) is 0 Å². The van der Waals surface area contributed by atoms with Gasteiger partial charge in [-0.25, -0.2) is 0 Å². The van der Waals surface area contributed by atoms with E-state index >= 15 is 0 Å². The second-order valence-electron chi connectivity index (χ2n) is 3.47. The highest BCUT2D eigenvalue weighted by Crippen LogP contribution is 2.28. The van der Waals surface area contributed by atoms with Crippen LogP contribution in [-0.2, 0) is 7.05 Å². The molecule has 15 heavy (non-hydrogen) atoms. The van der Waals surface area contributed by atoms with Crippen LogP contribution in [0.4, 0.5) is 5.69 Å². The van der Waals surface area contributed by atoms with Gasteiger partial charge in [0.1, 0.15) is 7.05 Å². The average molecular weight is 219 g/mol. The van der Waals surface area contributed by atoms with Crippen LogP contribution in [0.2, 0.25) is 0 Å². The lowest BCUT2D eigenvalue weighted by Crippen LogP contribution is -2.29. The van der Waals surface area contributed by atoms with Crippen molar-refractivity contribution >= 4 is 28.4 Å². The molecule has 0 amide bonds. The monoisotopic (exact) mass is 219 g/mol. The van der Waals surface area contributed by atoms with Crippen LogP contribution in [0, 0.1) is 0 Å². The lowest BCUT2D eigenvalue weighted by molar-refractivity contribution is -0.646. The van der Waals surface area contributed by atoms with Crippen molar-refractivity contribution in [2.75, 3.05) is 11.5 Å². The molecule has 0 unspecified atom stereocenters. The third-order valence-corrected chi connectivity index (χ3v) is 3.38. The number of nitrogens with zero attached hydrogens (tertiary/aromatic N) is 1. The molecule has 78 valence electrons. The fourth-order valence-electron chi connectivity index (χ4n) is 1.73. The number of aryl methyl sites for hydroxylation is 1. The summed E-state index contributed by atoms with van der Waals surface area (Å²) in [7, 11) is 2.06. The Hall–Kier alpha value is -1.22. The zero-order valence-electron chi connectivity index (χ0n) is 9.03. The Bertz CT molecular complexity index is 494. The van der Waals surface area contributed by atoms with Crippen LogP contribution in [-0.4, -0.2) is 5.75 Å². The Labute approximate surface area is 94.1 Å². The first kappa shape index (κ1) is 10.3. The van der Waals surface area contributed by atoms with E-state index < -0.39 is 0 Å². The van der Waals surface area contributed by atoms with Crippen LogP contribution >= 0.6 is 11.8 Å². The predicted octanol–water partition coefficient (Wildman–Crippen LogP) is 2.36. The first-order valence-corrected chi connectivity index (χ1v) is 6.02. The zero-order valence-corrected chi connectivity index (χ0v) is 9.84. The standard InChI is InChI=1S/C12H14N2S/c1-3-15-11-8-14(2)10-7-5-4-6-9(10)12(11)13/h4-8,13H,3H2,1-2H3/p+1. The fraction of sp³-hybridized carbons (Fsp3) is 0.250. The van der Waals surface area contributed by atoms with Crippen LogP contribution in [0.5, 0.6) is 0 Å². The van der Waals surface area contributed by atoms with Gasteiger partial charge in [0.05, 0.1) is 16.0 Å². The van der Waals surface area contributed by atoms with Gasteiger partial charge >= 0.3 is 0 Å². The van der Waals surface area contributed by atoms with Crippen molar-refractivity contribution in [3.8, 4) is 0 Å². The van der Waals surface area contributed by atoms with E-state index in [4.69, 9.17) is 5.73 Å². The molecule has 0 aliphatic heterocycles. The van der Waals surface area contributed by atoms with E-state index in [1.54, 1.807) is 11.8 Å². The number of anilines is 1. The number of fused-ring (bicyclic) bond motifs is 1. The Kier molecular flexibility index (Phi) is 2.82. The number of pyridine rings is 1. The Morgan fingerprint density at radius 2 is 2.07 bits per heavy atom. The molecule has 1 heterocycles. The molecule has 2 N–H and O–H groups in total. The molecule has 0 fully saturated rings. The minimum atomic E-state index is 0.899. The third-order valence-electron chi connectivity index (χ3n) is 2.45. The summed E-state index contributed by atoms with van der Waals surface area (Å²) in [6.07, 6.45) is 2.10. The molecular weight excluding hydrogens is 204 g/mol. The number of hydrogen-bond donors (Lipinski definition) is 1. The first-order valence-electron chi connectivity index (χ1n) is 5.03. The van der Waals surface area contributed by atoms with E-state index in [9.17, 15) is 0 Å². The number of thioether (sulfide) groups is 1. The first-order chi connectivity index (χ1) is 7.24. The van der Waals surface area contributed by atoms with Crippen LogP contribution in [0.15, 0.2) is 35.4 Å². The van der Waals surface area contributed by atoms with E-state index in [1.807, 2.05) is 12.1 Å². The largest absolute Gasteiger partial charge is 0.397 e. The summed E-state index contributed by atoms with van der Waals surface area (Å²) in [5.41, 5.74) is 8.21. The summed E-state index contributed by atoms with van der Waals surface area (Å²) in [4.78, 5) is 1.17. The van der Waals surface area contributed by atoms with Gasteiger partial charge in [0, 0.05) is 6.07 Å². The van der Waals surface area contributed by atoms with Crippen LogP contribution in [0.1, 0.15) is 6.92 Å². The number of para-hydroxylation sites is 1. The second kappa shape index (κ2) is 4.11. The Balaban J connectivity index is 2.72. The van der Waals surface area contributed by atoms with E-state index in [-0.39, 0.29) is 0 Å². The lowest BCUT2D eigenvalue weighted by Gasteiger charge is -2.05. The topological polar surface area (TPSA) is 29.9 Å². The maximum absolute atomic E-state index is 6.14. The summed E-state index contributed by atoms with van der Waals surface area (Å²) >= 11 is 1.79. The van der Waals surface area contributed by atoms with Gasteiger partial charge in [-0.05, 0) is 11.8 Å². The normalized spacial score (nSPS) is 10.8. The summed E-state index contributed by atoms with van der Waals surface area (Å²) < 4.78 is 2.13. The second-order valence-corrected chi connectivity index (χ2v) is 4.77. The number of hydrogen-bond acceptors (Lipinski definition) is 2. The van der Waals surface area contributed by atoms with Crippen LogP contribution in [0.25, 0.3) is 10.9 Å². The molecule has 0 atom stereocenters. The lowest BCUT2D eigenvalue weighted by atomic mass is 10.2. The maximum atomic E-state index is 6.14. The summed E-state index contributed by atoms with van der Waals surface area (Å²) in [5.74, 6) is 1.04. The number of rotatable bonds is 2. The molecule has 1 aromatic heterocycles. The highest BCUT2D eigenvalue weighted by Gasteiger charge is 2.12. The fourth-order valence-corrected chi connectivity index (χ4v) is 2.54. The highest BCUT2D eigenvalue weighted by molar-refractivity contribution is 7.99. The SMILES string of the molecule is CCSc1c[n+](C)c2ccccc2c1N. The molecule has 3 heteroatoms. The number of nitrogens with two attached hydrogens (primary N) is 1. The summed E-state index contributed by atoms with van der Waals surface area (Å²) in [6.45, 7) is 2.14. The van der Waals surface area contributed by atoms with Crippen molar-refractivity contribution in [2.45, 2.75) is 11.8 Å². The average Bonchev–Trinajstić information content (AvgIpc) is 2.26. The Morgan fingerprint density at radius 3 is 2.80 bits per heavy atom. The molecule has 2 aromatic rings. The molecule has 0 aliphatic rings. The van der Waals surface area contributed by atoms with Crippen molar-refractivity contribution in [3.63, 3.8) is 0 Å². The van der Waals surface area contributed by atoms with E-state index in [1.165, 1.54) is 10.4 Å². The molecule has 0 spiro atoms. The molecule has 2 rings (SSSR count). The van der Waals surface area contributed by atoms with Gasteiger partial charge < -0.3 is 5.73 Å². The molecule has 0 aliphatic carbocycles. The molecule has 0 radical (unpaired) electrons. The molecule has 1 aromatic carbocycles. The van der Waals surface area contributed by atoms with Crippen LogP contribution in [0.3, 0.4) is 0 Å². The quantitative estimate of drug-likeness (QED) is 0.620. The summed E-state index contributed by atoms with van der Waals surface area (Å²) in [6, 6.07) is 8.23. The minimum absolute atomic E-state index is 0.899. The maximum Gasteiger partial charge on any atom is 0.214 e. The van der Waals surface area contributed by atoms with Crippen molar-refractivity contribution in [2.24, 2.45) is 7.05 Å². The van der Waals surface area contributed by atoms with E-state index in [2.05, 4.69) is 36.9 Å². The van der Waals surface area contributed by atoms with Crippen molar-refractivity contribution < 1.29 is 4.57 Å². The molecule has 2 nitrogen and oxygen atoms in total. The number of benzene rings is 1. The number of aromatic nitrogens is 1. The highest BCUT2D eigenvalue weighted by atomic mass is 32.2. The van der Waals surface area contributed by atoms with Gasteiger partial charge in [-0.2, -0.15) is 4.57 Å². The van der Waals surface area contributed by atoms with Gasteiger partial charge in [0.2, 0.25) is 5.52 Å². The Morgan fingerprint density at radius 1 is 1.33 bits per heavy atom. The molecule has 0 bridgehead atoms. The molecule has 0 saturated carbocycles. The smallest absolute Gasteiger partial charge is 0.214 e.